The van der Waals surface area contributed by atoms with E-state index in [0.717, 1.165) is 0 Å². The van der Waals surface area contributed by atoms with Crippen LogP contribution in [0.25, 0.3) is 127 Å². The molecule has 11 aromatic carbocycles. The number of aromatic nitrogens is 10. The standard InChI is InChI=1S/C29H29N2.C26H35N2.C24H27N2.C23H25N2.C23H29N2/c1-18-12-10-15-20-21-16-11-17-22-25(21)31-26(29(4,5)28(22,2)3)24(19-13-8-7-9-14-19)30(6)27(31)23(18)20;1-17(2)21-15-23(18(3)4)25(24(16-21)19(5)6)28-14-13-27(8)26(28)22-12-10-9-11-20(22)7;1-14-10-8-11-16-17-12-9-13-18-20(17)26-21(24(5,6)23(18,3)4)15(2)25(7)22(26)19(14)16;1-14-9-7-10-15-16-11-8-12-17-20(16)25-18(23(4,5)22(17,2)3)13-24(6)21(25)19(14)15;1-16(2)19-12-9-13-20(17(3)4)22(19)25-15-14-24(6)23(25)21-11-8-7-10-18(21)5/h7-17H,1-6H3;9-19H,1-8H3;8-13H,1-7H3;7-13H,1-6H3;7-17H,1-6H3/q5*+1. The minimum Gasteiger partial charge on any atom is -0.232 e. The number of hydrogen-bond acceptors (Lipinski definition) is 0. The molecular formula is C125H145N10+5. The van der Waals surface area contributed by atoms with Crippen molar-refractivity contribution in [2.75, 3.05) is 0 Å². The van der Waals surface area contributed by atoms with Crippen molar-refractivity contribution < 1.29 is 22.7 Å². The number of para-hydroxylation sites is 4. The van der Waals surface area contributed by atoms with Crippen LogP contribution in [0.1, 0.15) is 277 Å². The Kier molecular flexibility index (Phi) is 23.0. The number of fused-ring (bicyclic) bond motifs is 9. The Morgan fingerprint density at radius 3 is 1.19 bits per heavy atom. The third-order valence-corrected chi connectivity index (χ3v) is 33.4. The van der Waals surface area contributed by atoms with Crippen molar-refractivity contribution in [3.8, 4) is 45.4 Å². The molecule has 0 N–H and O–H groups in total. The van der Waals surface area contributed by atoms with E-state index in [-0.39, 0.29) is 32.5 Å². The van der Waals surface area contributed by atoms with Crippen molar-refractivity contribution in [1.82, 2.24) is 22.5 Å². The second kappa shape index (κ2) is 33.5. The lowest BCUT2D eigenvalue weighted by molar-refractivity contribution is -0.659. The Labute approximate surface area is 802 Å². The summed E-state index contributed by atoms with van der Waals surface area (Å²) in [6.45, 7) is 65.2. The zero-order chi connectivity index (χ0) is 96.7. The molecule has 0 amide bonds. The summed E-state index contributed by atoms with van der Waals surface area (Å²) in [4.78, 5) is 0. The summed E-state index contributed by atoms with van der Waals surface area (Å²) in [6, 6.07) is 80.6. The van der Waals surface area contributed by atoms with Gasteiger partial charge in [-0.1, -0.05) is 359 Å². The van der Waals surface area contributed by atoms with Crippen LogP contribution in [-0.2, 0) is 67.7 Å². The lowest BCUT2D eigenvalue weighted by atomic mass is 9.60. The van der Waals surface area contributed by atoms with Gasteiger partial charge in [-0.15, -0.1) is 0 Å². The number of pyridine rings is 3. The molecule has 22 rings (SSSR count). The summed E-state index contributed by atoms with van der Waals surface area (Å²) in [7, 11) is 10.9. The first kappa shape index (κ1) is 92.9. The topological polar surface area (TPSA) is 43.2 Å². The smallest absolute Gasteiger partial charge is 0.232 e. The zero-order valence-corrected chi connectivity index (χ0v) is 87.0. The molecule has 0 atom stereocenters. The van der Waals surface area contributed by atoms with Crippen LogP contribution >= 0.6 is 0 Å². The molecule has 0 bridgehead atoms. The molecule has 0 radical (unpaired) electrons. The highest BCUT2D eigenvalue weighted by atomic mass is 15.2. The molecule has 19 aromatic rings. The quantitative estimate of drug-likeness (QED) is 0.0968. The fraction of sp³-hybridized carbons (Fsp3) is 0.352. The number of hydrogen-bond donors (Lipinski definition) is 0. The second-order valence-corrected chi connectivity index (χ2v) is 44.5. The van der Waals surface area contributed by atoms with Crippen molar-refractivity contribution in [2.24, 2.45) is 35.2 Å². The first-order valence-electron chi connectivity index (χ1n) is 49.6. The summed E-state index contributed by atoms with van der Waals surface area (Å²) in [5.74, 6) is 4.87. The van der Waals surface area contributed by atoms with E-state index in [2.05, 4.69) is 524 Å². The molecule has 10 heteroatoms. The Morgan fingerprint density at radius 2 is 0.711 bits per heavy atom. The van der Waals surface area contributed by atoms with Gasteiger partial charge in [0, 0.05) is 116 Å². The van der Waals surface area contributed by atoms with Gasteiger partial charge in [-0.25, -0.2) is 22.8 Å². The molecule has 0 aliphatic carbocycles. The van der Waals surface area contributed by atoms with E-state index in [0.29, 0.717) is 29.6 Å². The average Bonchev–Trinajstić information content (AvgIpc) is 1.49. The zero-order valence-electron chi connectivity index (χ0n) is 87.0. The molecule has 3 aliphatic rings. The van der Waals surface area contributed by atoms with Gasteiger partial charge in [-0.2, -0.15) is 22.3 Å². The second-order valence-electron chi connectivity index (χ2n) is 44.5. The van der Waals surface area contributed by atoms with Gasteiger partial charge >= 0.3 is 0 Å². The van der Waals surface area contributed by atoms with Crippen molar-refractivity contribution in [3.05, 3.63) is 344 Å². The average molecular weight is 1790 g/mol. The molecule has 3 aliphatic heterocycles. The highest BCUT2D eigenvalue weighted by molar-refractivity contribution is 6.16. The van der Waals surface area contributed by atoms with Crippen LogP contribution in [0.5, 0.6) is 0 Å². The van der Waals surface area contributed by atoms with E-state index in [4.69, 9.17) is 0 Å². The number of nitrogens with zero attached hydrogens (tertiary/aromatic N) is 10. The van der Waals surface area contributed by atoms with Crippen LogP contribution in [-0.4, -0.2) is 22.5 Å². The molecule has 0 spiro atoms. The molecule has 10 nitrogen and oxygen atoms in total. The molecule has 0 fully saturated rings. The highest BCUT2D eigenvalue weighted by Crippen LogP contribution is 2.56. The van der Waals surface area contributed by atoms with Gasteiger partial charge in [0.1, 0.15) is 64.6 Å². The van der Waals surface area contributed by atoms with Crippen molar-refractivity contribution in [2.45, 2.75) is 256 Å². The monoisotopic (exact) mass is 1790 g/mol. The normalized spacial score (nSPS) is 15.1. The molecule has 11 heterocycles. The van der Waals surface area contributed by atoms with Gasteiger partial charge in [-0.3, -0.25) is 0 Å². The molecule has 8 aromatic heterocycles. The Bertz CT molecular complexity index is 7960. The maximum Gasteiger partial charge on any atom is 0.295 e. The summed E-state index contributed by atoms with van der Waals surface area (Å²) in [5, 5.41) is 12.3. The van der Waals surface area contributed by atoms with E-state index in [1.165, 1.54) is 222 Å². The molecule has 135 heavy (non-hydrogen) atoms. The van der Waals surface area contributed by atoms with Crippen LogP contribution in [0.2, 0.25) is 0 Å². The number of imidazole rings is 5. The lowest BCUT2D eigenvalue weighted by Gasteiger charge is -2.43. The summed E-state index contributed by atoms with van der Waals surface area (Å²) >= 11 is 0. The number of aryl methyl sites for hydroxylation is 10. The predicted molar refractivity (Wildman–Crippen MR) is 568 cm³/mol. The molecule has 690 valence electrons. The summed E-state index contributed by atoms with van der Waals surface area (Å²) in [6.07, 6.45) is 11.1. The van der Waals surface area contributed by atoms with Crippen molar-refractivity contribution >= 4 is 82.0 Å². The van der Waals surface area contributed by atoms with E-state index < -0.39 is 0 Å². The van der Waals surface area contributed by atoms with Crippen LogP contribution in [0.15, 0.2) is 249 Å². The van der Waals surface area contributed by atoms with Crippen molar-refractivity contribution in [3.63, 3.8) is 0 Å². The maximum absolute atomic E-state index is 2.59. The predicted octanol–water partition coefficient (Wildman–Crippen LogP) is 29.0. The van der Waals surface area contributed by atoms with Crippen LogP contribution < -0.4 is 22.7 Å². The maximum atomic E-state index is 2.59. The third-order valence-electron chi connectivity index (χ3n) is 33.4. The van der Waals surface area contributed by atoms with E-state index in [1.807, 2.05) is 0 Å². The van der Waals surface area contributed by atoms with E-state index in [9.17, 15) is 0 Å². The van der Waals surface area contributed by atoms with Crippen LogP contribution in [0, 0.1) is 41.5 Å². The molecular weight excluding hydrogens is 1640 g/mol. The number of benzene rings is 11. The van der Waals surface area contributed by atoms with Gasteiger partial charge in [0.15, 0.2) is 22.8 Å². The largest absolute Gasteiger partial charge is 0.295 e. The fourth-order valence-corrected chi connectivity index (χ4v) is 23.7. The minimum atomic E-state index is -0.0556. The third kappa shape index (κ3) is 14.0. The summed E-state index contributed by atoms with van der Waals surface area (Å²) in [5.41, 5.74) is 39.8. The molecule has 0 unspecified atom stereocenters. The first-order chi connectivity index (χ1) is 63.9. The minimum absolute atomic E-state index is 0.0121. The van der Waals surface area contributed by atoms with Gasteiger partial charge < -0.3 is 0 Å². The molecule has 0 saturated heterocycles. The van der Waals surface area contributed by atoms with Gasteiger partial charge in [0.25, 0.3) is 28.6 Å². The van der Waals surface area contributed by atoms with Gasteiger partial charge in [0.05, 0.1) is 62.5 Å². The van der Waals surface area contributed by atoms with Gasteiger partial charge in [-0.05, 0) is 110 Å². The number of rotatable bonds is 10. The highest BCUT2D eigenvalue weighted by Gasteiger charge is 2.55. The first-order valence-corrected chi connectivity index (χ1v) is 49.6. The van der Waals surface area contributed by atoms with Crippen LogP contribution in [0.3, 0.4) is 0 Å². The van der Waals surface area contributed by atoms with Crippen molar-refractivity contribution in [1.29, 1.82) is 0 Å². The van der Waals surface area contributed by atoms with Crippen LogP contribution in [0.4, 0.5) is 0 Å². The van der Waals surface area contributed by atoms with Gasteiger partial charge in [0.2, 0.25) is 0 Å². The molecule has 0 saturated carbocycles. The van der Waals surface area contributed by atoms with E-state index in [1.54, 1.807) is 0 Å². The van der Waals surface area contributed by atoms with E-state index >= 15 is 0 Å². The Morgan fingerprint density at radius 1 is 0.326 bits per heavy atom. The lowest BCUT2D eigenvalue weighted by Crippen LogP contribution is -2.51. The summed E-state index contributed by atoms with van der Waals surface area (Å²) < 4.78 is 24.1. The Balaban J connectivity index is 0.000000113. The SMILES string of the molecule is Cc1cccc2c3cccc4c3[n+]3c(c(C)n(C)c3c12)C(C)(C)C4(C)C.Cc1cccc2c3cccc4c3n3c(c(-c5ccccc5)[n+](C)c3c12)C(C)(C)C4(C)C.Cc1cccc2c3cccc4c3n3c(c[n+](C)c3c12)C(C)(C)C4(C)C.Cc1ccccc1-c1n(-c2c(C(C)C)cc(C(C)C)cc2C(C)C)cc[n+]1C.Cc1ccccc1-c1n(-c2c(C(C)C)cccc2C(C)C)cc[n+]1C. The Hall–Kier alpha value is -12.5. The fourth-order valence-electron chi connectivity index (χ4n) is 23.7.